The summed E-state index contributed by atoms with van der Waals surface area (Å²) in [6, 6.07) is 0. The van der Waals surface area contributed by atoms with Gasteiger partial charge in [-0.15, -0.1) is 0 Å². The van der Waals surface area contributed by atoms with Crippen molar-refractivity contribution in [2.75, 3.05) is 6.54 Å². The molecule has 0 saturated heterocycles. The van der Waals surface area contributed by atoms with Gasteiger partial charge in [0.1, 0.15) is 0 Å². The fourth-order valence-electron chi connectivity index (χ4n) is 2.14. The van der Waals surface area contributed by atoms with E-state index in [0.29, 0.717) is 0 Å². The highest BCUT2D eigenvalue weighted by molar-refractivity contribution is 5.26. The number of nitrogens with zero attached hydrogens (tertiary/aromatic N) is 1. The molecule has 0 aliphatic heterocycles. The van der Waals surface area contributed by atoms with E-state index in [9.17, 15) is 0 Å². The Bertz CT molecular complexity index is 203. The number of allylic oxidation sites excluding steroid dienone is 1. The highest BCUT2D eigenvalue weighted by Gasteiger charge is 2.14. The molecule has 1 nitrogen and oxygen atoms in total. The summed E-state index contributed by atoms with van der Waals surface area (Å²) in [5.41, 5.74) is 3.13. The summed E-state index contributed by atoms with van der Waals surface area (Å²) in [6.45, 7) is 9.01. The van der Waals surface area contributed by atoms with Gasteiger partial charge in [0.15, 0.2) is 0 Å². The monoisotopic (exact) mass is 179 g/mol. The Morgan fingerprint density at radius 3 is 2.92 bits per heavy atom. The molecule has 0 bridgehead atoms. The summed E-state index contributed by atoms with van der Waals surface area (Å²) in [7, 11) is 0. The van der Waals surface area contributed by atoms with Gasteiger partial charge in [-0.1, -0.05) is 18.9 Å². The van der Waals surface area contributed by atoms with Gasteiger partial charge >= 0.3 is 0 Å². The molecule has 1 rings (SSSR count). The minimum atomic E-state index is 0.863. The van der Waals surface area contributed by atoms with Crippen molar-refractivity contribution in [3.8, 4) is 0 Å². The van der Waals surface area contributed by atoms with Crippen molar-refractivity contribution >= 4 is 6.72 Å². The molecule has 0 radical (unpaired) electrons. The van der Waals surface area contributed by atoms with Gasteiger partial charge in [0.05, 0.1) is 6.54 Å². The second-order valence-electron chi connectivity index (χ2n) is 4.14. The molecule has 0 unspecified atom stereocenters. The third kappa shape index (κ3) is 2.98. The third-order valence-corrected chi connectivity index (χ3v) is 3.18. The lowest BCUT2D eigenvalue weighted by atomic mass is 9.94. The number of hydrogen-bond acceptors (Lipinski definition) is 1. The molecule has 0 amide bonds. The van der Waals surface area contributed by atoms with E-state index in [2.05, 4.69) is 25.6 Å². The maximum absolute atomic E-state index is 4.01. The van der Waals surface area contributed by atoms with Crippen LogP contribution in [0.2, 0.25) is 0 Å². The first-order valence-corrected chi connectivity index (χ1v) is 5.37. The minimum absolute atomic E-state index is 0.863. The average Bonchev–Trinajstić information content (AvgIpc) is 2.30. The van der Waals surface area contributed by atoms with E-state index >= 15 is 0 Å². The lowest BCUT2D eigenvalue weighted by Gasteiger charge is -2.13. The van der Waals surface area contributed by atoms with Gasteiger partial charge in [-0.05, 0) is 50.8 Å². The number of aliphatic imine (C=N–C) groups is 1. The fourth-order valence-corrected chi connectivity index (χ4v) is 2.14. The van der Waals surface area contributed by atoms with Gasteiger partial charge in [-0.25, -0.2) is 0 Å². The lowest BCUT2D eigenvalue weighted by Crippen LogP contribution is -2.00. The molecule has 1 atom stereocenters. The first kappa shape index (κ1) is 10.5. The molecule has 0 saturated carbocycles. The first-order valence-electron chi connectivity index (χ1n) is 5.37. The van der Waals surface area contributed by atoms with Crippen LogP contribution in [0, 0.1) is 5.92 Å². The molecule has 0 aromatic heterocycles. The van der Waals surface area contributed by atoms with Crippen LogP contribution in [0.25, 0.3) is 0 Å². The number of hydrogen-bond donors (Lipinski definition) is 0. The Labute approximate surface area is 82.0 Å². The van der Waals surface area contributed by atoms with E-state index in [0.717, 1.165) is 12.5 Å². The summed E-state index contributed by atoms with van der Waals surface area (Å²) in [5.74, 6) is 0.897. The molecule has 0 aromatic carbocycles. The van der Waals surface area contributed by atoms with Crippen LogP contribution in [0.4, 0.5) is 0 Å². The second-order valence-corrected chi connectivity index (χ2v) is 4.14. The van der Waals surface area contributed by atoms with Crippen molar-refractivity contribution < 1.29 is 0 Å². The summed E-state index contributed by atoms with van der Waals surface area (Å²) < 4.78 is 0. The van der Waals surface area contributed by atoms with Crippen LogP contribution in [-0.4, -0.2) is 13.3 Å². The summed E-state index contributed by atoms with van der Waals surface area (Å²) >= 11 is 0. The van der Waals surface area contributed by atoms with Crippen LogP contribution in [0.1, 0.15) is 46.0 Å². The SMILES string of the molecule is C=NCC1=C(C)CCC[C@H](CC)C1. The molecule has 0 aromatic rings. The summed E-state index contributed by atoms with van der Waals surface area (Å²) in [4.78, 5) is 4.01. The molecule has 1 aliphatic rings. The van der Waals surface area contributed by atoms with Crippen LogP contribution < -0.4 is 0 Å². The van der Waals surface area contributed by atoms with Gasteiger partial charge in [0, 0.05) is 0 Å². The van der Waals surface area contributed by atoms with Crippen molar-refractivity contribution in [1.29, 1.82) is 0 Å². The Balaban J connectivity index is 2.66. The highest BCUT2D eigenvalue weighted by atomic mass is 14.7. The molecular formula is C12H21N. The standard InChI is InChI=1S/C12H21N/c1-4-11-7-5-6-10(2)12(8-11)9-13-3/h11H,3-9H2,1-2H3/t11-/m0/s1. The minimum Gasteiger partial charge on any atom is -0.297 e. The van der Waals surface area contributed by atoms with Crippen LogP contribution in [-0.2, 0) is 0 Å². The zero-order valence-corrected chi connectivity index (χ0v) is 8.97. The Kier molecular flexibility index (Phi) is 4.20. The smallest absolute Gasteiger partial charge is 0.0595 e. The van der Waals surface area contributed by atoms with E-state index in [1.807, 2.05) is 0 Å². The first-order chi connectivity index (χ1) is 6.27. The van der Waals surface area contributed by atoms with Crippen LogP contribution >= 0.6 is 0 Å². The van der Waals surface area contributed by atoms with Gasteiger partial charge in [-0.3, -0.25) is 4.99 Å². The highest BCUT2D eigenvalue weighted by Crippen LogP contribution is 2.29. The molecule has 1 aliphatic carbocycles. The van der Waals surface area contributed by atoms with Gasteiger partial charge in [-0.2, -0.15) is 0 Å². The van der Waals surface area contributed by atoms with Gasteiger partial charge in [0.25, 0.3) is 0 Å². The van der Waals surface area contributed by atoms with Crippen molar-refractivity contribution in [3.05, 3.63) is 11.1 Å². The van der Waals surface area contributed by atoms with E-state index in [4.69, 9.17) is 0 Å². The van der Waals surface area contributed by atoms with Crippen LogP contribution in [0.15, 0.2) is 16.1 Å². The predicted octanol–water partition coefficient (Wildman–Crippen LogP) is 3.60. The van der Waals surface area contributed by atoms with Crippen LogP contribution in [0.3, 0.4) is 0 Å². The van der Waals surface area contributed by atoms with Gasteiger partial charge < -0.3 is 0 Å². The normalized spacial score (nSPS) is 24.3. The topological polar surface area (TPSA) is 12.4 Å². The van der Waals surface area contributed by atoms with Crippen molar-refractivity contribution in [2.45, 2.75) is 46.0 Å². The summed E-state index contributed by atoms with van der Waals surface area (Å²) in [6.07, 6.45) is 6.62. The fraction of sp³-hybridized carbons (Fsp3) is 0.750. The molecule has 0 heterocycles. The average molecular weight is 179 g/mol. The van der Waals surface area contributed by atoms with Crippen molar-refractivity contribution in [2.24, 2.45) is 10.9 Å². The van der Waals surface area contributed by atoms with Crippen molar-refractivity contribution in [1.82, 2.24) is 0 Å². The quantitative estimate of drug-likeness (QED) is 0.463. The van der Waals surface area contributed by atoms with Gasteiger partial charge in [0.2, 0.25) is 0 Å². The second kappa shape index (κ2) is 5.21. The largest absolute Gasteiger partial charge is 0.297 e. The third-order valence-electron chi connectivity index (χ3n) is 3.18. The lowest BCUT2D eigenvalue weighted by molar-refractivity contribution is 0.462. The molecule has 0 N–H and O–H groups in total. The zero-order chi connectivity index (χ0) is 9.68. The maximum Gasteiger partial charge on any atom is 0.0595 e. The summed E-state index contributed by atoms with van der Waals surface area (Å²) in [5, 5.41) is 0. The zero-order valence-electron chi connectivity index (χ0n) is 8.97. The Morgan fingerprint density at radius 1 is 1.54 bits per heavy atom. The van der Waals surface area contributed by atoms with Crippen LogP contribution in [0.5, 0.6) is 0 Å². The molecule has 0 spiro atoms. The Morgan fingerprint density at radius 2 is 2.31 bits per heavy atom. The molecule has 74 valence electrons. The number of rotatable bonds is 3. The van der Waals surface area contributed by atoms with E-state index in [-0.39, 0.29) is 0 Å². The predicted molar refractivity (Wildman–Crippen MR) is 59.4 cm³/mol. The molecule has 13 heavy (non-hydrogen) atoms. The molecular weight excluding hydrogens is 158 g/mol. The molecule has 0 fully saturated rings. The Hall–Kier alpha value is -0.590. The van der Waals surface area contributed by atoms with E-state index in [1.54, 1.807) is 11.1 Å². The van der Waals surface area contributed by atoms with Crippen molar-refractivity contribution in [3.63, 3.8) is 0 Å². The molecule has 1 heteroatoms. The van der Waals surface area contributed by atoms with E-state index < -0.39 is 0 Å². The maximum atomic E-state index is 4.01. The van der Waals surface area contributed by atoms with E-state index in [1.165, 1.54) is 32.1 Å².